The van der Waals surface area contributed by atoms with Gasteiger partial charge in [-0.15, -0.1) is 5.10 Å². The molecule has 0 fully saturated rings. The first kappa shape index (κ1) is 12.7. The minimum absolute atomic E-state index is 0.0677. The number of amides is 1. The van der Waals surface area contributed by atoms with Gasteiger partial charge >= 0.3 is 5.97 Å². The van der Waals surface area contributed by atoms with Crippen LogP contribution in [0.2, 0.25) is 0 Å². The summed E-state index contributed by atoms with van der Waals surface area (Å²) >= 11 is 0.727. The van der Waals surface area contributed by atoms with Crippen LogP contribution in [0, 0.1) is 0 Å². The number of fused-ring (bicyclic) bond motifs is 1. The second-order valence-electron chi connectivity index (χ2n) is 4.50. The first-order chi connectivity index (χ1) is 9.66. The number of hydrogen-bond donors (Lipinski definition) is 1. The van der Waals surface area contributed by atoms with Crippen LogP contribution in [0.25, 0.3) is 0 Å². The maximum atomic E-state index is 12.4. The quantitative estimate of drug-likeness (QED) is 0.904. The predicted octanol–water partition coefficient (Wildman–Crippen LogP) is 1.43. The van der Waals surface area contributed by atoms with Crippen LogP contribution in [0.5, 0.6) is 0 Å². The van der Waals surface area contributed by atoms with Crippen LogP contribution in [0.3, 0.4) is 0 Å². The lowest BCUT2D eigenvalue weighted by Crippen LogP contribution is -2.36. The Bertz CT molecular complexity index is 683. The molecule has 0 saturated heterocycles. The average molecular weight is 289 g/mol. The number of carboxylic acid groups (broad SMARTS) is 1. The maximum absolute atomic E-state index is 12.4. The molecule has 2 aromatic rings. The summed E-state index contributed by atoms with van der Waals surface area (Å²) in [4.78, 5) is 24.9. The number of hydrogen-bond acceptors (Lipinski definition) is 5. The third kappa shape index (κ3) is 2.16. The van der Waals surface area contributed by atoms with Crippen molar-refractivity contribution in [3.8, 4) is 0 Å². The number of carboxylic acids is 1. The molecule has 0 unspecified atom stereocenters. The van der Waals surface area contributed by atoms with Gasteiger partial charge in [0.1, 0.15) is 0 Å². The molecule has 1 N–H and O–H groups in total. The van der Waals surface area contributed by atoms with Gasteiger partial charge in [0.05, 0.1) is 0 Å². The molecule has 1 aliphatic rings. The highest BCUT2D eigenvalue weighted by Crippen LogP contribution is 2.21. The van der Waals surface area contributed by atoms with Gasteiger partial charge in [0.2, 0.25) is 0 Å². The van der Waals surface area contributed by atoms with Gasteiger partial charge in [-0.3, -0.25) is 4.79 Å². The van der Waals surface area contributed by atoms with Crippen molar-refractivity contribution in [2.45, 2.75) is 13.0 Å². The normalized spacial score (nSPS) is 13.9. The van der Waals surface area contributed by atoms with E-state index in [0.717, 1.165) is 23.5 Å². The lowest BCUT2D eigenvalue weighted by molar-refractivity contribution is 0.0671. The largest absolute Gasteiger partial charge is 0.477 e. The molecular weight excluding hydrogens is 278 g/mol. The molecule has 0 atom stereocenters. The Kier molecular flexibility index (Phi) is 3.19. The Hall–Kier alpha value is -2.28. The van der Waals surface area contributed by atoms with Crippen LogP contribution in [-0.2, 0) is 13.0 Å². The van der Waals surface area contributed by atoms with E-state index in [1.807, 2.05) is 24.3 Å². The van der Waals surface area contributed by atoms with Crippen molar-refractivity contribution in [2.24, 2.45) is 0 Å². The molecule has 1 aromatic heterocycles. The van der Waals surface area contributed by atoms with Gasteiger partial charge in [0, 0.05) is 13.1 Å². The van der Waals surface area contributed by atoms with Crippen molar-refractivity contribution in [1.82, 2.24) is 14.5 Å². The van der Waals surface area contributed by atoms with E-state index in [2.05, 4.69) is 9.59 Å². The molecule has 0 bridgehead atoms. The van der Waals surface area contributed by atoms with Gasteiger partial charge in [-0.25, -0.2) is 4.79 Å². The summed E-state index contributed by atoms with van der Waals surface area (Å²) in [6.07, 6.45) is 0.766. The molecule has 7 heteroatoms. The van der Waals surface area contributed by atoms with Gasteiger partial charge in [-0.2, -0.15) is 0 Å². The van der Waals surface area contributed by atoms with E-state index in [4.69, 9.17) is 5.11 Å². The first-order valence-corrected chi connectivity index (χ1v) is 6.86. The Labute approximate surface area is 118 Å². The molecule has 102 valence electrons. The summed E-state index contributed by atoms with van der Waals surface area (Å²) in [5.41, 5.74) is 2.25. The van der Waals surface area contributed by atoms with Gasteiger partial charge < -0.3 is 10.0 Å². The predicted molar refractivity (Wildman–Crippen MR) is 71.8 cm³/mol. The number of aromatic nitrogens is 2. The van der Waals surface area contributed by atoms with Crippen LogP contribution < -0.4 is 0 Å². The molecule has 1 aliphatic heterocycles. The second kappa shape index (κ2) is 5.01. The van der Waals surface area contributed by atoms with E-state index in [-0.39, 0.29) is 16.5 Å². The van der Waals surface area contributed by atoms with E-state index >= 15 is 0 Å². The van der Waals surface area contributed by atoms with Crippen LogP contribution in [0.1, 0.15) is 31.3 Å². The van der Waals surface area contributed by atoms with Crippen molar-refractivity contribution >= 4 is 23.4 Å². The smallest absolute Gasteiger partial charge is 0.350 e. The number of nitrogens with zero attached hydrogens (tertiary/aromatic N) is 3. The zero-order valence-electron chi connectivity index (χ0n) is 10.4. The molecule has 20 heavy (non-hydrogen) atoms. The van der Waals surface area contributed by atoms with Crippen LogP contribution in [0.15, 0.2) is 24.3 Å². The second-order valence-corrected chi connectivity index (χ2v) is 5.26. The van der Waals surface area contributed by atoms with Crippen molar-refractivity contribution in [3.63, 3.8) is 0 Å². The molecule has 1 aromatic carbocycles. The van der Waals surface area contributed by atoms with E-state index < -0.39 is 5.97 Å². The summed E-state index contributed by atoms with van der Waals surface area (Å²) in [5, 5.41) is 12.7. The van der Waals surface area contributed by atoms with Crippen molar-refractivity contribution in [3.05, 3.63) is 46.0 Å². The number of aromatic carboxylic acids is 1. The standard InChI is InChI=1S/C13H11N3O3S/c17-12(10-11(13(18)19)20-15-14-10)16-6-5-8-3-1-2-4-9(8)7-16/h1-4H,5-7H2,(H,18,19). The van der Waals surface area contributed by atoms with Crippen molar-refractivity contribution in [1.29, 1.82) is 0 Å². The fraction of sp³-hybridized carbons (Fsp3) is 0.231. The summed E-state index contributed by atoms with van der Waals surface area (Å²) in [6, 6.07) is 7.93. The number of carbonyl (C=O) groups is 2. The van der Waals surface area contributed by atoms with E-state index in [1.54, 1.807) is 4.90 Å². The lowest BCUT2D eigenvalue weighted by Gasteiger charge is -2.28. The molecule has 6 nitrogen and oxygen atoms in total. The molecule has 1 amide bonds. The third-order valence-corrected chi connectivity index (χ3v) is 4.02. The highest BCUT2D eigenvalue weighted by Gasteiger charge is 2.28. The van der Waals surface area contributed by atoms with Gasteiger partial charge in [-0.1, -0.05) is 28.8 Å². The summed E-state index contributed by atoms with van der Waals surface area (Å²) < 4.78 is 3.57. The molecule has 2 heterocycles. The van der Waals surface area contributed by atoms with Gasteiger partial charge in [-0.05, 0) is 29.1 Å². The summed E-state index contributed by atoms with van der Waals surface area (Å²) in [7, 11) is 0. The van der Waals surface area contributed by atoms with Crippen LogP contribution in [0.4, 0.5) is 0 Å². The minimum Gasteiger partial charge on any atom is -0.477 e. The fourth-order valence-corrected chi connectivity index (χ4v) is 2.79. The van der Waals surface area contributed by atoms with Gasteiger partial charge in [0.15, 0.2) is 10.6 Å². The van der Waals surface area contributed by atoms with Crippen LogP contribution >= 0.6 is 11.5 Å². The Morgan fingerprint density at radius 3 is 2.75 bits per heavy atom. The highest BCUT2D eigenvalue weighted by atomic mass is 32.1. The third-order valence-electron chi connectivity index (χ3n) is 3.30. The maximum Gasteiger partial charge on any atom is 0.350 e. The summed E-state index contributed by atoms with van der Waals surface area (Å²) in [5.74, 6) is -1.54. The summed E-state index contributed by atoms with van der Waals surface area (Å²) in [6.45, 7) is 1.04. The minimum atomic E-state index is -1.17. The lowest BCUT2D eigenvalue weighted by atomic mass is 10.00. The SMILES string of the molecule is O=C(O)c1snnc1C(=O)N1CCc2ccccc2C1. The van der Waals surface area contributed by atoms with E-state index in [9.17, 15) is 9.59 Å². The number of benzene rings is 1. The molecule has 0 saturated carbocycles. The first-order valence-electron chi connectivity index (χ1n) is 6.08. The van der Waals surface area contributed by atoms with E-state index in [1.165, 1.54) is 5.56 Å². The Morgan fingerprint density at radius 1 is 1.25 bits per heavy atom. The molecule has 0 spiro atoms. The molecule has 0 aliphatic carbocycles. The van der Waals surface area contributed by atoms with Crippen LogP contribution in [-0.4, -0.2) is 38.0 Å². The fourth-order valence-electron chi connectivity index (χ4n) is 2.29. The van der Waals surface area contributed by atoms with Crippen molar-refractivity contribution in [2.75, 3.05) is 6.54 Å². The molecular formula is C13H11N3O3S. The monoisotopic (exact) mass is 289 g/mol. The number of rotatable bonds is 2. The highest BCUT2D eigenvalue weighted by molar-refractivity contribution is 7.08. The average Bonchev–Trinajstić information content (AvgIpc) is 2.95. The van der Waals surface area contributed by atoms with Gasteiger partial charge in [0.25, 0.3) is 5.91 Å². The molecule has 3 rings (SSSR count). The zero-order chi connectivity index (χ0) is 14.1. The van der Waals surface area contributed by atoms with E-state index in [0.29, 0.717) is 13.1 Å². The zero-order valence-corrected chi connectivity index (χ0v) is 11.3. The Balaban J connectivity index is 1.86. The Morgan fingerprint density at radius 2 is 2.00 bits per heavy atom. The van der Waals surface area contributed by atoms with Crippen molar-refractivity contribution < 1.29 is 14.7 Å². The topological polar surface area (TPSA) is 83.4 Å². The number of carbonyl (C=O) groups excluding carboxylic acids is 1. The molecule has 0 radical (unpaired) electrons.